The molecule has 0 aliphatic carbocycles. The number of rotatable bonds is 5. The Hall–Kier alpha value is -1.55. The van der Waals surface area contributed by atoms with Gasteiger partial charge in [0.05, 0.1) is 7.11 Å². The number of ether oxygens (including phenoxy) is 1. The lowest BCUT2D eigenvalue weighted by Crippen LogP contribution is -2.47. The number of hydrogen-bond acceptors (Lipinski definition) is 3. The van der Waals surface area contributed by atoms with Crippen LogP contribution >= 0.6 is 0 Å². The average molecular weight is 237 g/mol. The zero-order valence-electron chi connectivity index (χ0n) is 10.7. The minimum absolute atomic E-state index is 0.653. The van der Waals surface area contributed by atoms with Gasteiger partial charge in [0, 0.05) is 0 Å². The maximum atomic E-state index is 11.5. The molecule has 0 saturated heterocycles. The van der Waals surface area contributed by atoms with Crippen LogP contribution < -0.4 is 4.74 Å². The summed E-state index contributed by atoms with van der Waals surface area (Å²) in [6.45, 7) is 4.29. The fourth-order valence-electron chi connectivity index (χ4n) is 1.75. The first-order valence-electron chi connectivity index (χ1n) is 5.56. The summed E-state index contributed by atoms with van der Waals surface area (Å²) in [5.41, 5.74) is -0.322. The molecule has 1 atom stereocenters. The topological polar surface area (TPSA) is 49.8 Å². The molecule has 1 N–H and O–H groups in total. The first-order chi connectivity index (χ1) is 7.96. The predicted octanol–water partition coefficient (Wildman–Crippen LogP) is 1.95. The molecule has 0 bridgehead atoms. The van der Waals surface area contributed by atoms with Crippen molar-refractivity contribution in [1.29, 1.82) is 0 Å². The van der Waals surface area contributed by atoms with E-state index in [1.54, 1.807) is 44.2 Å². The van der Waals surface area contributed by atoms with Crippen molar-refractivity contribution in [3.8, 4) is 5.75 Å². The monoisotopic (exact) mass is 237 g/mol. The molecular formula is C13H19NO3. The lowest BCUT2D eigenvalue weighted by molar-refractivity contribution is -0.150. The minimum Gasteiger partial charge on any atom is -0.497 e. The van der Waals surface area contributed by atoms with Crippen LogP contribution in [0.1, 0.15) is 19.4 Å². The van der Waals surface area contributed by atoms with Gasteiger partial charge in [-0.25, -0.2) is 4.79 Å². The number of likely N-dealkylation sites (N-methyl/N-ethyl adjacent to an activating group) is 1. The first kappa shape index (κ1) is 13.5. The van der Waals surface area contributed by atoms with E-state index < -0.39 is 11.5 Å². The fourth-order valence-corrected chi connectivity index (χ4v) is 1.75. The van der Waals surface area contributed by atoms with Crippen LogP contribution in [0.4, 0.5) is 0 Å². The number of carboxylic acid groups (broad SMARTS) is 1. The largest absolute Gasteiger partial charge is 0.497 e. The van der Waals surface area contributed by atoms with Crippen molar-refractivity contribution in [3.05, 3.63) is 29.8 Å². The highest BCUT2D eigenvalue weighted by molar-refractivity contribution is 5.80. The molecule has 1 aromatic rings. The van der Waals surface area contributed by atoms with Crippen LogP contribution in [0.3, 0.4) is 0 Å². The second kappa shape index (κ2) is 5.19. The van der Waals surface area contributed by atoms with Crippen molar-refractivity contribution in [1.82, 2.24) is 4.90 Å². The number of nitrogens with zero attached hydrogens (tertiary/aromatic N) is 1. The van der Waals surface area contributed by atoms with E-state index in [4.69, 9.17) is 4.74 Å². The van der Waals surface area contributed by atoms with Crippen molar-refractivity contribution in [3.63, 3.8) is 0 Å². The van der Waals surface area contributed by atoms with E-state index in [1.165, 1.54) is 0 Å². The highest BCUT2D eigenvalue weighted by Gasteiger charge is 2.38. The maximum absolute atomic E-state index is 11.5. The molecule has 17 heavy (non-hydrogen) atoms. The van der Waals surface area contributed by atoms with Crippen LogP contribution in [-0.2, 0) is 10.3 Å². The second-order valence-corrected chi connectivity index (χ2v) is 4.12. The molecule has 0 aliphatic rings. The highest BCUT2D eigenvalue weighted by Crippen LogP contribution is 2.29. The third-order valence-corrected chi connectivity index (χ3v) is 3.29. The van der Waals surface area contributed by atoms with Crippen LogP contribution in [0.15, 0.2) is 24.3 Å². The van der Waals surface area contributed by atoms with Gasteiger partial charge in [-0.3, -0.25) is 4.90 Å². The Kier molecular flexibility index (Phi) is 4.12. The van der Waals surface area contributed by atoms with Crippen LogP contribution in [0.5, 0.6) is 5.75 Å². The van der Waals surface area contributed by atoms with Crippen molar-refractivity contribution in [2.24, 2.45) is 0 Å². The number of aliphatic carboxylic acids is 1. The number of carboxylic acids is 1. The van der Waals surface area contributed by atoms with Gasteiger partial charge in [-0.15, -0.1) is 0 Å². The van der Waals surface area contributed by atoms with E-state index in [9.17, 15) is 9.90 Å². The van der Waals surface area contributed by atoms with Crippen LogP contribution in [0, 0.1) is 0 Å². The van der Waals surface area contributed by atoms with E-state index in [1.807, 2.05) is 13.0 Å². The summed E-state index contributed by atoms with van der Waals surface area (Å²) in [5.74, 6) is -0.199. The SMILES string of the molecule is CCN(C)C(C)(C(=O)O)c1cccc(OC)c1. The van der Waals surface area contributed by atoms with Gasteiger partial charge >= 0.3 is 5.97 Å². The summed E-state index contributed by atoms with van der Waals surface area (Å²) >= 11 is 0. The van der Waals surface area contributed by atoms with E-state index in [0.29, 0.717) is 17.9 Å². The molecule has 0 heterocycles. The Balaban J connectivity index is 3.27. The van der Waals surface area contributed by atoms with E-state index in [0.717, 1.165) is 0 Å². The smallest absolute Gasteiger partial charge is 0.328 e. The molecule has 1 rings (SSSR count). The summed E-state index contributed by atoms with van der Waals surface area (Å²) in [6, 6.07) is 7.18. The minimum atomic E-state index is -1.04. The Morgan fingerprint density at radius 3 is 2.65 bits per heavy atom. The molecule has 0 aromatic heterocycles. The first-order valence-corrected chi connectivity index (χ1v) is 5.56. The van der Waals surface area contributed by atoms with Crippen LogP contribution in [0.2, 0.25) is 0 Å². The third-order valence-electron chi connectivity index (χ3n) is 3.29. The van der Waals surface area contributed by atoms with Gasteiger partial charge in [0.15, 0.2) is 0 Å². The number of carbonyl (C=O) groups is 1. The summed E-state index contributed by atoms with van der Waals surface area (Å²) < 4.78 is 5.13. The van der Waals surface area contributed by atoms with E-state index >= 15 is 0 Å². The summed E-state index contributed by atoms with van der Waals surface area (Å²) in [5, 5.41) is 9.47. The molecule has 0 radical (unpaired) electrons. The maximum Gasteiger partial charge on any atom is 0.328 e. The molecule has 1 aromatic carbocycles. The molecule has 4 nitrogen and oxygen atoms in total. The van der Waals surface area contributed by atoms with E-state index in [2.05, 4.69) is 0 Å². The quantitative estimate of drug-likeness (QED) is 0.850. The van der Waals surface area contributed by atoms with Gasteiger partial charge in [0.2, 0.25) is 0 Å². The van der Waals surface area contributed by atoms with Crippen LogP contribution in [0.25, 0.3) is 0 Å². The van der Waals surface area contributed by atoms with Gasteiger partial charge in [0.25, 0.3) is 0 Å². The van der Waals surface area contributed by atoms with Crippen molar-refractivity contribution in [2.75, 3.05) is 20.7 Å². The normalized spacial score (nSPS) is 14.4. The molecule has 1 unspecified atom stereocenters. The summed E-state index contributed by atoms with van der Waals surface area (Å²) in [4.78, 5) is 13.3. The van der Waals surface area contributed by atoms with Gasteiger partial charge in [-0.1, -0.05) is 19.1 Å². The Labute approximate surface area is 102 Å². The van der Waals surface area contributed by atoms with E-state index in [-0.39, 0.29) is 0 Å². The molecule has 0 spiro atoms. The Morgan fingerprint density at radius 1 is 1.53 bits per heavy atom. The zero-order chi connectivity index (χ0) is 13.1. The Bertz CT molecular complexity index is 405. The predicted molar refractivity (Wildman–Crippen MR) is 66.3 cm³/mol. The zero-order valence-corrected chi connectivity index (χ0v) is 10.7. The van der Waals surface area contributed by atoms with Crippen molar-refractivity contribution < 1.29 is 14.6 Å². The molecule has 0 amide bonds. The third kappa shape index (κ3) is 2.42. The van der Waals surface area contributed by atoms with Gasteiger partial charge in [0.1, 0.15) is 11.3 Å². The van der Waals surface area contributed by atoms with Crippen molar-refractivity contribution in [2.45, 2.75) is 19.4 Å². The molecular weight excluding hydrogens is 218 g/mol. The van der Waals surface area contributed by atoms with Gasteiger partial charge in [-0.2, -0.15) is 0 Å². The lowest BCUT2D eigenvalue weighted by atomic mass is 9.90. The lowest BCUT2D eigenvalue weighted by Gasteiger charge is -2.34. The standard InChI is InChI=1S/C13H19NO3/c1-5-14(3)13(2,12(15)16)10-7-6-8-11(9-10)17-4/h6-9H,5H2,1-4H3,(H,15,16). The van der Waals surface area contributed by atoms with Crippen LogP contribution in [-0.4, -0.2) is 36.7 Å². The fraction of sp³-hybridized carbons (Fsp3) is 0.462. The molecule has 0 saturated carbocycles. The number of hydrogen-bond donors (Lipinski definition) is 1. The average Bonchev–Trinajstić information content (AvgIpc) is 2.36. The van der Waals surface area contributed by atoms with Gasteiger partial charge < -0.3 is 9.84 Å². The summed E-state index contributed by atoms with van der Waals surface area (Å²) in [7, 11) is 3.37. The molecule has 4 heteroatoms. The molecule has 0 aliphatic heterocycles. The highest BCUT2D eigenvalue weighted by atomic mass is 16.5. The number of benzene rings is 1. The van der Waals surface area contributed by atoms with Crippen molar-refractivity contribution >= 4 is 5.97 Å². The van der Waals surface area contributed by atoms with Gasteiger partial charge in [-0.05, 0) is 38.2 Å². The number of methoxy groups -OCH3 is 1. The molecule has 0 fully saturated rings. The second-order valence-electron chi connectivity index (χ2n) is 4.12. The molecule has 94 valence electrons. The summed E-state index contributed by atoms with van der Waals surface area (Å²) in [6.07, 6.45) is 0. The Morgan fingerprint density at radius 2 is 2.18 bits per heavy atom.